The number of fused-ring (bicyclic) bond motifs is 1. The van der Waals surface area contributed by atoms with Gasteiger partial charge >= 0.3 is 0 Å². The van der Waals surface area contributed by atoms with Gasteiger partial charge in [0.2, 0.25) is 10.0 Å². The van der Waals surface area contributed by atoms with Gasteiger partial charge in [-0.15, -0.1) is 0 Å². The Hall–Kier alpha value is -1.67. The predicted octanol–water partition coefficient (Wildman–Crippen LogP) is 2.21. The average molecular weight is 352 g/mol. The minimum Gasteiger partial charge on any atom is -0.243 e. The minimum absolute atomic E-state index is 0.106. The number of hydrogen-bond donors (Lipinski definition) is 0. The van der Waals surface area contributed by atoms with E-state index in [0.29, 0.717) is 5.52 Å². The zero-order valence-corrected chi connectivity index (χ0v) is 14.4. The zero-order valence-electron chi connectivity index (χ0n) is 12.8. The van der Waals surface area contributed by atoms with Crippen LogP contribution < -0.4 is 0 Å². The molecule has 23 heavy (non-hydrogen) atoms. The molecular weight excluding hydrogens is 336 g/mol. The largest absolute Gasteiger partial charge is 0.244 e. The van der Waals surface area contributed by atoms with Crippen molar-refractivity contribution in [3.05, 3.63) is 17.7 Å². The number of thiocarbonyl (C=S) groups is 1. The number of benzene rings is 1. The molecule has 2 atom stereocenters. The number of sulfonamides is 1. The Bertz CT molecular complexity index is 885. The Morgan fingerprint density at radius 1 is 1.30 bits per heavy atom. The first-order chi connectivity index (χ1) is 10.9. The van der Waals surface area contributed by atoms with Gasteiger partial charge in [0.25, 0.3) is 0 Å². The van der Waals surface area contributed by atoms with E-state index in [1.807, 2.05) is 0 Å². The van der Waals surface area contributed by atoms with Crippen LogP contribution in [0.2, 0.25) is 0 Å². The van der Waals surface area contributed by atoms with Crippen LogP contribution in [0.15, 0.2) is 26.6 Å². The standard InChI is InChI=1S/C14H16N4O3S2/c1-18(2)23(19,20)12-6-5-11(13-14(12)17-21-16-13)9-3-4-10(7-9)15-8-22/h5-6,9-10H,3-4,7H2,1-2H3/t9?,10-/m1/s1. The molecule has 1 aliphatic carbocycles. The molecule has 1 aromatic carbocycles. The molecule has 1 aromatic heterocycles. The molecular formula is C14H16N4O3S2. The number of isothiocyanates is 1. The van der Waals surface area contributed by atoms with Crippen LogP contribution in [0.5, 0.6) is 0 Å². The van der Waals surface area contributed by atoms with Crippen molar-refractivity contribution in [2.45, 2.75) is 36.1 Å². The van der Waals surface area contributed by atoms with Crippen molar-refractivity contribution >= 4 is 38.4 Å². The van der Waals surface area contributed by atoms with Crippen LogP contribution in [-0.2, 0) is 10.0 Å². The molecule has 1 aliphatic rings. The van der Waals surface area contributed by atoms with E-state index in [1.165, 1.54) is 14.1 Å². The van der Waals surface area contributed by atoms with Crippen molar-refractivity contribution in [3.63, 3.8) is 0 Å². The van der Waals surface area contributed by atoms with E-state index in [0.717, 1.165) is 29.1 Å². The highest BCUT2D eigenvalue weighted by molar-refractivity contribution is 7.89. The fourth-order valence-electron chi connectivity index (χ4n) is 3.03. The van der Waals surface area contributed by atoms with Crippen molar-refractivity contribution in [1.29, 1.82) is 0 Å². The van der Waals surface area contributed by atoms with Crippen LogP contribution in [0, 0.1) is 0 Å². The average Bonchev–Trinajstić information content (AvgIpc) is 3.15. The van der Waals surface area contributed by atoms with Crippen LogP contribution in [0.1, 0.15) is 30.7 Å². The normalized spacial score (nSPS) is 21.7. The summed E-state index contributed by atoms with van der Waals surface area (Å²) in [6, 6.07) is 3.54. The van der Waals surface area contributed by atoms with Gasteiger partial charge in [0, 0.05) is 14.1 Å². The quantitative estimate of drug-likeness (QED) is 0.619. The fourth-order valence-corrected chi connectivity index (χ4v) is 4.19. The third-order valence-corrected chi connectivity index (χ3v) is 6.20. The van der Waals surface area contributed by atoms with Crippen LogP contribution in [0.25, 0.3) is 11.0 Å². The lowest BCUT2D eigenvalue weighted by Gasteiger charge is -2.14. The van der Waals surface area contributed by atoms with Gasteiger partial charge in [0.05, 0.1) is 11.2 Å². The van der Waals surface area contributed by atoms with Crippen LogP contribution in [0.3, 0.4) is 0 Å². The van der Waals surface area contributed by atoms with Gasteiger partial charge in [-0.1, -0.05) is 6.07 Å². The van der Waals surface area contributed by atoms with Gasteiger partial charge in [-0.2, -0.15) is 0 Å². The Kier molecular flexibility index (Phi) is 4.29. The van der Waals surface area contributed by atoms with Gasteiger partial charge in [-0.3, -0.25) is 0 Å². The summed E-state index contributed by atoms with van der Waals surface area (Å²) in [4.78, 5) is 4.26. The molecule has 9 heteroatoms. The second kappa shape index (κ2) is 6.09. The summed E-state index contributed by atoms with van der Waals surface area (Å²) in [7, 11) is -0.645. The van der Waals surface area contributed by atoms with E-state index in [9.17, 15) is 8.42 Å². The number of aliphatic imine (C=N–C) groups is 1. The molecule has 0 amide bonds. The lowest BCUT2D eigenvalue weighted by Crippen LogP contribution is -2.22. The Morgan fingerprint density at radius 2 is 2.04 bits per heavy atom. The molecule has 0 radical (unpaired) electrons. The highest BCUT2D eigenvalue weighted by Crippen LogP contribution is 2.39. The highest BCUT2D eigenvalue weighted by atomic mass is 32.2. The highest BCUT2D eigenvalue weighted by Gasteiger charge is 2.30. The Balaban J connectivity index is 2.06. The summed E-state index contributed by atoms with van der Waals surface area (Å²) >= 11 is 4.66. The molecule has 0 aliphatic heterocycles. The summed E-state index contributed by atoms with van der Waals surface area (Å²) in [5.74, 6) is 0.234. The van der Waals surface area contributed by atoms with Crippen LogP contribution in [-0.4, -0.2) is 48.3 Å². The van der Waals surface area contributed by atoms with E-state index < -0.39 is 10.0 Å². The predicted molar refractivity (Wildman–Crippen MR) is 88.1 cm³/mol. The fraction of sp³-hybridized carbons (Fsp3) is 0.500. The van der Waals surface area contributed by atoms with Crippen LogP contribution >= 0.6 is 12.2 Å². The van der Waals surface area contributed by atoms with Gasteiger partial charge in [0.15, 0.2) is 5.52 Å². The molecule has 0 spiro atoms. The molecule has 1 saturated carbocycles. The van der Waals surface area contributed by atoms with Crippen molar-refractivity contribution in [2.24, 2.45) is 4.99 Å². The van der Waals surface area contributed by atoms with Gasteiger partial charge < -0.3 is 0 Å². The lowest BCUT2D eigenvalue weighted by atomic mass is 9.96. The third-order valence-electron chi connectivity index (χ3n) is 4.25. The van der Waals surface area contributed by atoms with E-state index in [4.69, 9.17) is 4.63 Å². The molecule has 1 fully saturated rings. The summed E-state index contributed by atoms with van der Waals surface area (Å²) < 4.78 is 30.8. The Labute approximate surface area is 139 Å². The SMILES string of the molecule is CN(C)S(=O)(=O)c1ccc(C2CC[C@@H](N=C=S)C2)c2nonc12. The third kappa shape index (κ3) is 2.81. The monoisotopic (exact) mass is 352 g/mol. The number of rotatable bonds is 4. The summed E-state index contributed by atoms with van der Waals surface area (Å²) in [5, 5.41) is 10.2. The molecule has 0 bridgehead atoms. The molecule has 122 valence electrons. The first-order valence-electron chi connectivity index (χ1n) is 7.20. The van der Waals surface area contributed by atoms with Crippen molar-refractivity contribution in [3.8, 4) is 0 Å². The summed E-state index contributed by atoms with van der Waals surface area (Å²) in [5.41, 5.74) is 1.73. The van der Waals surface area contributed by atoms with Crippen molar-refractivity contribution < 1.29 is 13.0 Å². The zero-order chi connectivity index (χ0) is 16.6. The number of aromatic nitrogens is 2. The molecule has 0 saturated heterocycles. The molecule has 3 rings (SSSR count). The molecule has 2 aromatic rings. The van der Waals surface area contributed by atoms with Gasteiger partial charge in [0.1, 0.15) is 10.4 Å². The van der Waals surface area contributed by atoms with Crippen molar-refractivity contribution in [1.82, 2.24) is 14.6 Å². The Morgan fingerprint density at radius 3 is 2.74 bits per heavy atom. The molecule has 1 heterocycles. The topological polar surface area (TPSA) is 88.7 Å². The maximum atomic E-state index is 12.4. The van der Waals surface area contributed by atoms with E-state index in [1.54, 1.807) is 12.1 Å². The van der Waals surface area contributed by atoms with Crippen molar-refractivity contribution in [2.75, 3.05) is 14.1 Å². The summed E-state index contributed by atoms with van der Waals surface area (Å²) in [6.07, 6.45) is 2.71. The smallest absolute Gasteiger partial charge is 0.243 e. The van der Waals surface area contributed by atoms with E-state index in [2.05, 4.69) is 32.7 Å². The van der Waals surface area contributed by atoms with E-state index in [-0.39, 0.29) is 22.4 Å². The first kappa shape index (κ1) is 16.2. The second-order valence-corrected chi connectivity index (χ2v) is 8.09. The van der Waals surface area contributed by atoms with Gasteiger partial charge in [-0.25, -0.2) is 22.3 Å². The maximum absolute atomic E-state index is 12.4. The molecule has 7 nitrogen and oxygen atoms in total. The molecule has 0 N–H and O–H groups in total. The van der Waals surface area contributed by atoms with E-state index >= 15 is 0 Å². The van der Waals surface area contributed by atoms with Gasteiger partial charge in [-0.05, 0) is 59.3 Å². The van der Waals surface area contributed by atoms with Crippen LogP contribution in [0.4, 0.5) is 0 Å². The number of nitrogens with zero attached hydrogens (tertiary/aromatic N) is 4. The minimum atomic E-state index is -3.60. The second-order valence-electron chi connectivity index (χ2n) is 5.79. The first-order valence-corrected chi connectivity index (χ1v) is 9.04. The number of hydrogen-bond acceptors (Lipinski definition) is 7. The maximum Gasteiger partial charge on any atom is 0.244 e. The lowest BCUT2D eigenvalue weighted by molar-refractivity contribution is 0.314. The summed E-state index contributed by atoms with van der Waals surface area (Å²) in [6.45, 7) is 0. The molecule has 1 unspecified atom stereocenters.